The highest BCUT2D eigenvalue weighted by atomic mass is 32.2. The van der Waals surface area contributed by atoms with Crippen LogP contribution in [0.25, 0.3) is 0 Å². The predicted octanol–water partition coefficient (Wildman–Crippen LogP) is 1.06. The zero-order chi connectivity index (χ0) is 6.20. The van der Waals surface area contributed by atoms with Crippen molar-refractivity contribution in [2.45, 2.75) is 24.3 Å². The minimum atomic E-state index is -2.26. The van der Waals surface area contributed by atoms with Crippen molar-refractivity contribution in [2.24, 2.45) is 0 Å². The molecular weight excluding hydrogens is 131 g/mol. The second-order valence-corrected chi connectivity index (χ2v) is 3.22. The van der Waals surface area contributed by atoms with Crippen LogP contribution in [0.3, 0.4) is 0 Å². The van der Waals surface area contributed by atoms with Crippen molar-refractivity contribution in [3.05, 3.63) is 0 Å². The Hall–Kier alpha value is 0.0400. The lowest BCUT2D eigenvalue weighted by Gasteiger charge is -2.29. The molecule has 0 radical (unpaired) electrons. The van der Waals surface area contributed by atoms with Gasteiger partial charge in [-0.3, -0.25) is 0 Å². The highest BCUT2D eigenvalue weighted by Crippen LogP contribution is 2.37. The van der Waals surface area contributed by atoms with E-state index < -0.39 is 16.1 Å². The molecule has 0 heterocycles. The van der Waals surface area contributed by atoms with E-state index in [1.54, 1.807) is 0 Å². The van der Waals surface area contributed by atoms with Crippen molar-refractivity contribution in [3.8, 4) is 0 Å². The Morgan fingerprint density at radius 3 is 2.12 bits per heavy atom. The standard InChI is InChI=1S/C4H7FO2S/c5-4(8(6)7)2-1-3-4/h1-3H2,(H,6,7). The van der Waals surface area contributed by atoms with Gasteiger partial charge in [0.1, 0.15) is 0 Å². The molecule has 4 heteroatoms. The lowest BCUT2D eigenvalue weighted by atomic mass is 9.97. The Morgan fingerprint density at radius 1 is 1.62 bits per heavy atom. The molecule has 0 saturated heterocycles. The summed E-state index contributed by atoms with van der Waals surface area (Å²) in [6.07, 6.45) is 1.23. The summed E-state index contributed by atoms with van der Waals surface area (Å²) in [6, 6.07) is 0. The number of halogens is 1. The van der Waals surface area contributed by atoms with Crippen LogP contribution >= 0.6 is 0 Å². The maximum Gasteiger partial charge on any atom is 0.210 e. The van der Waals surface area contributed by atoms with Crippen molar-refractivity contribution in [1.29, 1.82) is 0 Å². The van der Waals surface area contributed by atoms with Gasteiger partial charge in [-0.2, -0.15) is 0 Å². The van der Waals surface area contributed by atoms with E-state index in [1.807, 2.05) is 0 Å². The number of rotatable bonds is 1. The number of hydrogen-bond donors (Lipinski definition) is 1. The molecule has 1 rings (SSSR count). The zero-order valence-corrected chi connectivity index (χ0v) is 5.08. The highest BCUT2D eigenvalue weighted by molar-refractivity contribution is 7.80. The van der Waals surface area contributed by atoms with Crippen LogP contribution in [-0.2, 0) is 11.1 Å². The fourth-order valence-electron chi connectivity index (χ4n) is 0.629. The van der Waals surface area contributed by atoms with Crippen LogP contribution < -0.4 is 0 Å². The van der Waals surface area contributed by atoms with Gasteiger partial charge in [-0.1, -0.05) is 0 Å². The molecule has 0 aliphatic heterocycles. The maximum atomic E-state index is 12.5. The molecule has 0 aromatic rings. The molecule has 1 fully saturated rings. The number of alkyl halides is 1. The predicted molar refractivity (Wildman–Crippen MR) is 28.5 cm³/mol. The number of hydrogen-bond acceptors (Lipinski definition) is 1. The van der Waals surface area contributed by atoms with E-state index in [2.05, 4.69) is 0 Å². The minimum Gasteiger partial charge on any atom is -0.304 e. The van der Waals surface area contributed by atoms with Crippen LogP contribution in [0.15, 0.2) is 0 Å². The molecule has 1 saturated carbocycles. The van der Waals surface area contributed by atoms with Crippen LogP contribution in [-0.4, -0.2) is 13.8 Å². The van der Waals surface area contributed by atoms with Gasteiger partial charge in [0.15, 0.2) is 11.1 Å². The second kappa shape index (κ2) is 1.77. The van der Waals surface area contributed by atoms with Crippen molar-refractivity contribution in [1.82, 2.24) is 0 Å². The maximum absolute atomic E-state index is 12.5. The van der Waals surface area contributed by atoms with Gasteiger partial charge < -0.3 is 4.55 Å². The summed E-state index contributed by atoms with van der Waals surface area (Å²) < 4.78 is 30.7. The molecule has 1 N–H and O–H groups in total. The lowest BCUT2D eigenvalue weighted by Crippen LogP contribution is -2.36. The summed E-state index contributed by atoms with van der Waals surface area (Å²) in [5, 5.41) is -1.75. The van der Waals surface area contributed by atoms with Gasteiger partial charge in [-0.25, -0.2) is 8.60 Å². The van der Waals surface area contributed by atoms with E-state index in [0.29, 0.717) is 0 Å². The molecule has 0 amide bonds. The molecule has 0 aromatic heterocycles. The molecule has 2 nitrogen and oxygen atoms in total. The Balaban J connectivity index is 2.53. The topological polar surface area (TPSA) is 37.3 Å². The summed E-state index contributed by atoms with van der Waals surface area (Å²) in [5.41, 5.74) is 0. The largest absolute Gasteiger partial charge is 0.304 e. The summed E-state index contributed by atoms with van der Waals surface area (Å²) >= 11 is -2.26. The van der Waals surface area contributed by atoms with E-state index in [4.69, 9.17) is 4.55 Å². The second-order valence-electron chi connectivity index (χ2n) is 1.99. The third-order valence-electron chi connectivity index (χ3n) is 1.41. The average Bonchev–Trinajstić information content (AvgIpc) is 1.60. The smallest absolute Gasteiger partial charge is 0.210 e. The first-order chi connectivity index (χ1) is 3.65. The molecule has 1 unspecified atom stereocenters. The molecule has 0 bridgehead atoms. The Kier molecular flexibility index (Phi) is 1.37. The summed E-state index contributed by atoms with van der Waals surface area (Å²) in [5.74, 6) is 0. The minimum absolute atomic E-state index is 0.246. The summed E-state index contributed by atoms with van der Waals surface area (Å²) in [6.45, 7) is 0. The van der Waals surface area contributed by atoms with Crippen LogP contribution in [0.2, 0.25) is 0 Å². The summed E-state index contributed by atoms with van der Waals surface area (Å²) in [4.78, 5) is 0. The van der Waals surface area contributed by atoms with Crippen LogP contribution in [0.1, 0.15) is 19.3 Å². The van der Waals surface area contributed by atoms with Crippen molar-refractivity contribution < 1.29 is 13.2 Å². The van der Waals surface area contributed by atoms with Gasteiger partial charge in [0.25, 0.3) is 0 Å². The normalized spacial score (nSPS) is 28.8. The van der Waals surface area contributed by atoms with Crippen LogP contribution in [0.5, 0.6) is 0 Å². The molecular formula is C4H7FO2S. The third-order valence-corrected chi connectivity index (χ3v) is 2.45. The molecule has 0 spiro atoms. The van der Waals surface area contributed by atoms with Crippen LogP contribution in [0, 0.1) is 0 Å². The third kappa shape index (κ3) is 0.778. The van der Waals surface area contributed by atoms with E-state index in [1.165, 1.54) is 0 Å². The first kappa shape index (κ1) is 6.16. The van der Waals surface area contributed by atoms with E-state index in [9.17, 15) is 8.60 Å². The van der Waals surface area contributed by atoms with Gasteiger partial charge in [0.05, 0.1) is 0 Å². The fourth-order valence-corrected chi connectivity index (χ4v) is 1.27. The molecule has 48 valence electrons. The van der Waals surface area contributed by atoms with Crippen molar-refractivity contribution in [3.63, 3.8) is 0 Å². The Bertz CT molecular complexity index is 121. The quantitative estimate of drug-likeness (QED) is 0.550. The van der Waals surface area contributed by atoms with E-state index >= 15 is 0 Å². The Morgan fingerprint density at radius 2 is 2.12 bits per heavy atom. The van der Waals surface area contributed by atoms with E-state index in [-0.39, 0.29) is 12.8 Å². The van der Waals surface area contributed by atoms with Gasteiger partial charge in [0, 0.05) is 0 Å². The molecule has 1 aliphatic carbocycles. The lowest BCUT2D eigenvalue weighted by molar-refractivity contribution is 0.152. The fraction of sp³-hybridized carbons (Fsp3) is 1.00. The molecule has 8 heavy (non-hydrogen) atoms. The van der Waals surface area contributed by atoms with Gasteiger partial charge in [0.2, 0.25) is 5.00 Å². The van der Waals surface area contributed by atoms with Gasteiger partial charge in [-0.05, 0) is 19.3 Å². The molecule has 1 atom stereocenters. The first-order valence-corrected chi connectivity index (χ1v) is 3.56. The molecule has 1 aliphatic rings. The highest BCUT2D eigenvalue weighted by Gasteiger charge is 2.43. The Labute approximate surface area is 49.4 Å². The zero-order valence-electron chi connectivity index (χ0n) is 4.26. The van der Waals surface area contributed by atoms with E-state index in [0.717, 1.165) is 6.42 Å². The van der Waals surface area contributed by atoms with Gasteiger partial charge >= 0.3 is 0 Å². The van der Waals surface area contributed by atoms with Crippen molar-refractivity contribution in [2.75, 3.05) is 0 Å². The molecule has 0 aromatic carbocycles. The first-order valence-electron chi connectivity index (χ1n) is 2.45. The van der Waals surface area contributed by atoms with Crippen molar-refractivity contribution >= 4 is 11.1 Å². The summed E-state index contributed by atoms with van der Waals surface area (Å²) in [7, 11) is 0. The monoisotopic (exact) mass is 138 g/mol. The van der Waals surface area contributed by atoms with Crippen LogP contribution in [0.4, 0.5) is 4.39 Å². The van der Waals surface area contributed by atoms with Gasteiger partial charge in [-0.15, -0.1) is 0 Å². The average molecular weight is 138 g/mol. The SMILES string of the molecule is O=S(O)C1(F)CCC1.